The number of hydrogen-bond acceptors (Lipinski definition) is 5. The Kier molecular flexibility index (Phi) is 3.72. The molecule has 6 heteroatoms. The summed E-state index contributed by atoms with van der Waals surface area (Å²) in [4.78, 5) is 2.43. The van der Waals surface area contributed by atoms with Crippen molar-refractivity contribution in [2.24, 2.45) is 13.0 Å². The second kappa shape index (κ2) is 5.85. The lowest BCUT2D eigenvalue weighted by molar-refractivity contribution is 0.0424. The van der Waals surface area contributed by atoms with E-state index in [-0.39, 0.29) is 6.04 Å². The summed E-state index contributed by atoms with van der Waals surface area (Å²) in [6, 6.07) is 2.21. The largest absolute Gasteiger partial charge is 0.472 e. The van der Waals surface area contributed by atoms with Crippen LogP contribution in [0.4, 0.5) is 0 Å². The molecule has 0 bridgehead atoms. The number of nitrogens with zero attached hydrogens (tertiary/aromatic N) is 4. The summed E-state index contributed by atoms with van der Waals surface area (Å²) < 4.78 is 13.1. The standard InChI is InChI=1S/C16H22N4O2/c1-19-14-4-6-20(8-13-5-7-21-10-13)15(16(14)17-18-19)11-22-9-12-2-3-12/h5,7,10,12,15H,2-4,6,8-9,11H2,1H3. The van der Waals surface area contributed by atoms with E-state index in [4.69, 9.17) is 9.15 Å². The van der Waals surface area contributed by atoms with Gasteiger partial charge < -0.3 is 9.15 Å². The molecule has 0 N–H and O–H groups in total. The van der Waals surface area contributed by atoms with Crippen LogP contribution in [0.15, 0.2) is 23.0 Å². The first kappa shape index (κ1) is 14.0. The van der Waals surface area contributed by atoms with Crippen LogP contribution in [-0.2, 0) is 24.8 Å². The van der Waals surface area contributed by atoms with Crippen LogP contribution in [0.5, 0.6) is 0 Å². The van der Waals surface area contributed by atoms with Crippen molar-refractivity contribution in [1.29, 1.82) is 0 Å². The lowest BCUT2D eigenvalue weighted by Crippen LogP contribution is -2.38. The van der Waals surface area contributed by atoms with Crippen LogP contribution in [0, 0.1) is 5.92 Å². The van der Waals surface area contributed by atoms with E-state index in [1.807, 2.05) is 24.1 Å². The van der Waals surface area contributed by atoms with Gasteiger partial charge >= 0.3 is 0 Å². The summed E-state index contributed by atoms with van der Waals surface area (Å²) >= 11 is 0. The number of ether oxygens (including phenoxy) is 1. The van der Waals surface area contributed by atoms with Gasteiger partial charge in [0.05, 0.1) is 30.9 Å². The fraction of sp³-hybridized carbons (Fsp3) is 0.625. The predicted molar refractivity (Wildman–Crippen MR) is 80.1 cm³/mol. The zero-order chi connectivity index (χ0) is 14.9. The van der Waals surface area contributed by atoms with Crippen molar-refractivity contribution in [3.8, 4) is 0 Å². The van der Waals surface area contributed by atoms with Gasteiger partial charge in [-0.3, -0.25) is 9.58 Å². The molecule has 0 spiro atoms. The average Bonchev–Trinajstić information content (AvgIpc) is 3.05. The molecule has 2 aliphatic rings. The minimum absolute atomic E-state index is 0.186. The molecule has 1 atom stereocenters. The van der Waals surface area contributed by atoms with Gasteiger partial charge in [0.15, 0.2) is 0 Å². The molecular formula is C16H22N4O2. The summed E-state index contributed by atoms with van der Waals surface area (Å²) in [6.07, 6.45) is 7.16. The second-order valence-corrected chi connectivity index (χ2v) is 6.39. The number of hydrogen-bond donors (Lipinski definition) is 0. The van der Waals surface area contributed by atoms with Crippen molar-refractivity contribution in [3.63, 3.8) is 0 Å². The highest BCUT2D eigenvalue weighted by Crippen LogP contribution is 2.32. The van der Waals surface area contributed by atoms with Crippen molar-refractivity contribution in [3.05, 3.63) is 35.5 Å². The van der Waals surface area contributed by atoms with Gasteiger partial charge in [-0.2, -0.15) is 0 Å². The minimum atomic E-state index is 0.186. The highest BCUT2D eigenvalue weighted by atomic mass is 16.5. The quantitative estimate of drug-likeness (QED) is 0.816. The fourth-order valence-corrected chi connectivity index (χ4v) is 3.14. The van der Waals surface area contributed by atoms with Gasteiger partial charge in [-0.25, -0.2) is 0 Å². The SMILES string of the molecule is Cn1nnc2c1CCN(Cc1ccoc1)C2COCC1CC1. The molecule has 1 fully saturated rings. The third-order valence-electron chi connectivity index (χ3n) is 4.66. The van der Waals surface area contributed by atoms with Crippen molar-refractivity contribution >= 4 is 0 Å². The van der Waals surface area contributed by atoms with Gasteiger partial charge in [0.25, 0.3) is 0 Å². The Labute approximate surface area is 130 Å². The molecule has 4 rings (SSSR count). The average molecular weight is 302 g/mol. The Morgan fingerprint density at radius 1 is 1.36 bits per heavy atom. The third kappa shape index (κ3) is 2.80. The van der Waals surface area contributed by atoms with Crippen molar-refractivity contribution in [1.82, 2.24) is 19.9 Å². The second-order valence-electron chi connectivity index (χ2n) is 6.39. The van der Waals surface area contributed by atoms with Crippen LogP contribution in [0.3, 0.4) is 0 Å². The van der Waals surface area contributed by atoms with Gasteiger partial charge in [-0.15, -0.1) is 5.10 Å². The molecule has 1 saturated carbocycles. The lowest BCUT2D eigenvalue weighted by Gasteiger charge is -2.34. The van der Waals surface area contributed by atoms with Crippen LogP contribution >= 0.6 is 0 Å². The molecular weight excluding hydrogens is 280 g/mol. The highest BCUT2D eigenvalue weighted by molar-refractivity contribution is 5.20. The summed E-state index contributed by atoms with van der Waals surface area (Å²) in [5, 5.41) is 8.60. The molecule has 1 aliphatic carbocycles. The van der Waals surface area contributed by atoms with Gasteiger partial charge in [0.2, 0.25) is 0 Å². The van der Waals surface area contributed by atoms with Gasteiger partial charge in [0, 0.05) is 38.7 Å². The minimum Gasteiger partial charge on any atom is -0.472 e. The van der Waals surface area contributed by atoms with Crippen LogP contribution in [0.1, 0.15) is 35.8 Å². The summed E-state index contributed by atoms with van der Waals surface area (Å²) in [6.45, 7) is 3.44. The smallest absolute Gasteiger partial charge is 0.105 e. The summed E-state index contributed by atoms with van der Waals surface area (Å²) in [7, 11) is 1.97. The molecule has 1 unspecified atom stereocenters. The Bertz CT molecular complexity index is 618. The summed E-state index contributed by atoms with van der Waals surface area (Å²) in [5.41, 5.74) is 3.51. The maximum atomic E-state index is 5.97. The Morgan fingerprint density at radius 2 is 2.27 bits per heavy atom. The molecule has 0 amide bonds. The molecule has 0 saturated heterocycles. The molecule has 0 aromatic carbocycles. The first-order chi connectivity index (χ1) is 10.8. The van der Waals surface area contributed by atoms with E-state index in [2.05, 4.69) is 15.2 Å². The number of rotatable bonds is 6. The monoisotopic (exact) mass is 302 g/mol. The van der Waals surface area contributed by atoms with Crippen LogP contribution in [-0.4, -0.2) is 39.7 Å². The molecule has 3 heterocycles. The number of aryl methyl sites for hydroxylation is 1. The Hall–Kier alpha value is -1.66. The van der Waals surface area contributed by atoms with E-state index in [9.17, 15) is 0 Å². The predicted octanol–water partition coefficient (Wildman–Crippen LogP) is 1.93. The fourth-order valence-electron chi connectivity index (χ4n) is 3.14. The van der Waals surface area contributed by atoms with E-state index in [0.29, 0.717) is 6.61 Å². The molecule has 0 radical (unpaired) electrons. The molecule has 118 valence electrons. The Balaban J connectivity index is 1.50. The topological polar surface area (TPSA) is 56.3 Å². The zero-order valence-electron chi connectivity index (χ0n) is 12.9. The van der Waals surface area contributed by atoms with Crippen molar-refractivity contribution in [2.75, 3.05) is 19.8 Å². The lowest BCUT2D eigenvalue weighted by atomic mass is 10.0. The highest BCUT2D eigenvalue weighted by Gasteiger charge is 2.32. The first-order valence-corrected chi connectivity index (χ1v) is 8.02. The molecule has 1 aliphatic heterocycles. The number of fused-ring (bicyclic) bond motifs is 1. The van der Waals surface area contributed by atoms with E-state index < -0.39 is 0 Å². The third-order valence-corrected chi connectivity index (χ3v) is 4.66. The first-order valence-electron chi connectivity index (χ1n) is 8.02. The van der Waals surface area contributed by atoms with Gasteiger partial charge in [-0.1, -0.05) is 5.21 Å². The maximum absolute atomic E-state index is 5.97. The van der Waals surface area contributed by atoms with Gasteiger partial charge in [0.1, 0.15) is 5.69 Å². The Morgan fingerprint density at radius 3 is 3.05 bits per heavy atom. The number of aromatic nitrogens is 3. The van der Waals surface area contributed by atoms with E-state index in [1.54, 1.807) is 6.26 Å². The van der Waals surface area contributed by atoms with Crippen LogP contribution < -0.4 is 0 Å². The molecule has 6 nitrogen and oxygen atoms in total. The molecule has 22 heavy (non-hydrogen) atoms. The molecule has 2 aromatic heterocycles. The normalized spacial score (nSPS) is 22.0. The van der Waals surface area contributed by atoms with E-state index in [1.165, 1.54) is 24.1 Å². The van der Waals surface area contributed by atoms with Crippen molar-refractivity contribution in [2.45, 2.75) is 31.8 Å². The van der Waals surface area contributed by atoms with Crippen molar-refractivity contribution < 1.29 is 9.15 Å². The van der Waals surface area contributed by atoms with Crippen LogP contribution in [0.25, 0.3) is 0 Å². The van der Waals surface area contributed by atoms with Gasteiger partial charge in [-0.05, 0) is 24.8 Å². The van der Waals surface area contributed by atoms with E-state index in [0.717, 1.165) is 37.7 Å². The van der Waals surface area contributed by atoms with E-state index >= 15 is 0 Å². The number of furan rings is 1. The maximum Gasteiger partial charge on any atom is 0.105 e. The summed E-state index contributed by atoms with van der Waals surface area (Å²) in [5.74, 6) is 0.784. The van der Waals surface area contributed by atoms with Crippen LogP contribution in [0.2, 0.25) is 0 Å². The zero-order valence-corrected chi connectivity index (χ0v) is 12.9. The molecule has 2 aromatic rings.